The molecule has 0 aliphatic rings. The van der Waals surface area contributed by atoms with E-state index in [1.54, 1.807) is 35.0 Å². The van der Waals surface area contributed by atoms with Crippen LogP contribution < -0.4 is 10.9 Å². The molecule has 0 spiro atoms. The molecule has 7 nitrogen and oxygen atoms in total. The number of hydrogen-bond acceptors (Lipinski definition) is 4. The second-order valence-corrected chi connectivity index (χ2v) is 8.61. The Hall–Kier alpha value is -3.81. The minimum atomic E-state index is -0.350. The largest absolute Gasteiger partial charge is 0.311 e. The van der Waals surface area contributed by atoms with Crippen LogP contribution in [0, 0.1) is 5.82 Å². The normalized spacial score (nSPS) is 11.6. The van der Waals surface area contributed by atoms with Gasteiger partial charge >= 0.3 is 0 Å². The van der Waals surface area contributed by atoms with Gasteiger partial charge in [0.1, 0.15) is 11.6 Å². The fourth-order valence-electron chi connectivity index (χ4n) is 3.31. The predicted molar refractivity (Wildman–Crippen MR) is 121 cm³/mol. The third-order valence-electron chi connectivity index (χ3n) is 5.13. The molecule has 8 heteroatoms. The number of benzene rings is 2. The van der Waals surface area contributed by atoms with E-state index in [9.17, 15) is 14.0 Å². The highest BCUT2D eigenvalue weighted by molar-refractivity contribution is 5.90. The van der Waals surface area contributed by atoms with Crippen molar-refractivity contribution in [2.24, 2.45) is 0 Å². The van der Waals surface area contributed by atoms with Gasteiger partial charge < -0.3 is 5.32 Å². The van der Waals surface area contributed by atoms with Gasteiger partial charge in [0.2, 0.25) is 5.91 Å². The summed E-state index contributed by atoms with van der Waals surface area (Å²) in [5.74, 6) is -0.138. The van der Waals surface area contributed by atoms with Crippen LogP contribution in [0.3, 0.4) is 0 Å². The number of nitrogens with one attached hydrogen (secondary N) is 1. The molecule has 2 aromatic carbocycles. The van der Waals surface area contributed by atoms with Gasteiger partial charge in [-0.1, -0.05) is 32.9 Å². The number of nitrogens with zero attached hydrogens (tertiary/aromatic N) is 4. The van der Waals surface area contributed by atoms with E-state index in [1.165, 1.54) is 23.0 Å². The first-order chi connectivity index (χ1) is 15.2. The van der Waals surface area contributed by atoms with Crippen molar-refractivity contribution in [1.82, 2.24) is 19.3 Å². The van der Waals surface area contributed by atoms with E-state index < -0.39 is 0 Å². The summed E-state index contributed by atoms with van der Waals surface area (Å²) in [5, 5.41) is 8.00. The SMILES string of the molecule is CC(C)(C)c1cc(NC(=O)CCn2cnc3ccccc3c2=O)n(-c2ccc(F)cc2)n1. The van der Waals surface area contributed by atoms with Crippen LogP contribution in [-0.4, -0.2) is 25.2 Å². The maximum atomic E-state index is 13.4. The van der Waals surface area contributed by atoms with E-state index in [2.05, 4.69) is 15.4 Å². The van der Waals surface area contributed by atoms with Crippen LogP contribution in [0.25, 0.3) is 16.6 Å². The number of anilines is 1. The molecular formula is C24H24FN5O2. The number of carbonyl (C=O) groups excluding carboxylic acids is 1. The number of para-hydroxylation sites is 1. The lowest BCUT2D eigenvalue weighted by Gasteiger charge is -2.14. The van der Waals surface area contributed by atoms with E-state index >= 15 is 0 Å². The standard InChI is InChI=1S/C24H24FN5O2/c1-24(2,3)20-14-21(30(28-20)17-10-8-16(25)9-11-17)27-22(31)12-13-29-15-26-19-7-5-4-6-18(19)23(29)32/h4-11,14-15H,12-13H2,1-3H3,(H,27,31). The van der Waals surface area contributed by atoms with Crippen LogP contribution in [0.5, 0.6) is 0 Å². The molecule has 164 valence electrons. The van der Waals surface area contributed by atoms with E-state index in [-0.39, 0.29) is 35.7 Å². The smallest absolute Gasteiger partial charge is 0.261 e. The molecule has 2 heterocycles. The number of halogens is 1. The Labute approximate surface area is 184 Å². The minimum absolute atomic E-state index is 0.0827. The number of carbonyl (C=O) groups is 1. The molecule has 0 bridgehead atoms. The lowest BCUT2D eigenvalue weighted by atomic mass is 9.92. The summed E-state index contributed by atoms with van der Waals surface area (Å²) in [4.78, 5) is 29.6. The van der Waals surface area contributed by atoms with Crippen molar-refractivity contribution in [3.8, 4) is 5.69 Å². The first-order valence-corrected chi connectivity index (χ1v) is 10.3. The van der Waals surface area contributed by atoms with Crippen LogP contribution in [0.2, 0.25) is 0 Å². The molecule has 0 aliphatic heterocycles. The van der Waals surface area contributed by atoms with Gasteiger partial charge in [0, 0.05) is 24.4 Å². The molecule has 0 saturated carbocycles. The second-order valence-electron chi connectivity index (χ2n) is 8.61. The van der Waals surface area contributed by atoms with Gasteiger partial charge in [-0.05, 0) is 36.4 Å². The summed E-state index contributed by atoms with van der Waals surface area (Å²) in [6.07, 6.45) is 1.54. The van der Waals surface area contributed by atoms with Crippen molar-refractivity contribution in [3.63, 3.8) is 0 Å². The van der Waals surface area contributed by atoms with Gasteiger partial charge in [0.25, 0.3) is 5.56 Å². The van der Waals surface area contributed by atoms with Gasteiger partial charge in [-0.2, -0.15) is 5.10 Å². The quantitative estimate of drug-likeness (QED) is 0.515. The summed E-state index contributed by atoms with van der Waals surface area (Å²) in [5.41, 5.74) is 1.61. The van der Waals surface area contributed by atoms with Gasteiger partial charge in [0.05, 0.1) is 28.6 Å². The Balaban J connectivity index is 1.55. The first-order valence-electron chi connectivity index (χ1n) is 10.3. The van der Waals surface area contributed by atoms with Crippen molar-refractivity contribution < 1.29 is 9.18 Å². The van der Waals surface area contributed by atoms with Crippen molar-refractivity contribution in [3.05, 3.63) is 82.8 Å². The summed E-state index contributed by atoms with van der Waals surface area (Å²) >= 11 is 0. The molecule has 4 rings (SSSR count). The Bertz CT molecular complexity index is 1330. The van der Waals surface area contributed by atoms with Crippen molar-refractivity contribution in [1.29, 1.82) is 0 Å². The number of aryl methyl sites for hydroxylation is 1. The Morgan fingerprint density at radius 2 is 1.81 bits per heavy atom. The highest BCUT2D eigenvalue weighted by atomic mass is 19.1. The van der Waals surface area contributed by atoms with E-state index in [0.29, 0.717) is 22.4 Å². The molecule has 2 aromatic heterocycles. The molecule has 0 atom stereocenters. The molecule has 0 radical (unpaired) electrons. The molecular weight excluding hydrogens is 409 g/mol. The molecule has 4 aromatic rings. The zero-order chi connectivity index (χ0) is 22.9. The van der Waals surface area contributed by atoms with Gasteiger partial charge in [-0.25, -0.2) is 14.1 Å². The Morgan fingerprint density at radius 1 is 1.09 bits per heavy atom. The van der Waals surface area contributed by atoms with Crippen molar-refractivity contribution in [2.45, 2.75) is 39.2 Å². The van der Waals surface area contributed by atoms with E-state index in [0.717, 1.165) is 5.69 Å². The number of fused-ring (bicyclic) bond motifs is 1. The van der Waals surface area contributed by atoms with E-state index in [1.807, 2.05) is 32.9 Å². The zero-order valence-electron chi connectivity index (χ0n) is 18.2. The zero-order valence-corrected chi connectivity index (χ0v) is 18.2. The summed E-state index contributed by atoms with van der Waals surface area (Å²) in [7, 11) is 0. The molecule has 0 saturated heterocycles. The number of aromatic nitrogens is 4. The number of rotatable bonds is 5. The highest BCUT2D eigenvalue weighted by Gasteiger charge is 2.21. The summed E-state index contributed by atoms with van der Waals surface area (Å²) in [6, 6.07) is 14.8. The fourth-order valence-corrected chi connectivity index (χ4v) is 3.31. The van der Waals surface area contributed by atoms with Crippen LogP contribution >= 0.6 is 0 Å². The summed E-state index contributed by atoms with van der Waals surface area (Å²) in [6.45, 7) is 6.26. The molecule has 0 fully saturated rings. The van der Waals surface area contributed by atoms with Crippen molar-refractivity contribution in [2.75, 3.05) is 5.32 Å². The van der Waals surface area contributed by atoms with Crippen LogP contribution in [0.1, 0.15) is 32.9 Å². The van der Waals surface area contributed by atoms with E-state index in [4.69, 9.17) is 0 Å². The Kier molecular flexibility index (Phi) is 5.61. The maximum Gasteiger partial charge on any atom is 0.261 e. The van der Waals surface area contributed by atoms with Crippen molar-refractivity contribution >= 4 is 22.6 Å². The van der Waals surface area contributed by atoms with Gasteiger partial charge in [0.15, 0.2) is 0 Å². The average Bonchev–Trinajstić information content (AvgIpc) is 3.18. The minimum Gasteiger partial charge on any atom is -0.311 e. The fraction of sp³-hybridized carbons (Fsp3) is 0.250. The Morgan fingerprint density at radius 3 is 2.53 bits per heavy atom. The lowest BCUT2D eigenvalue weighted by Crippen LogP contribution is -2.24. The molecule has 0 unspecified atom stereocenters. The second kappa shape index (κ2) is 8.37. The highest BCUT2D eigenvalue weighted by Crippen LogP contribution is 2.26. The molecule has 1 amide bonds. The number of hydrogen-bond donors (Lipinski definition) is 1. The predicted octanol–water partition coefficient (Wildman–Crippen LogP) is 4.05. The maximum absolute atomic E-state index is 13.4. The molecule has 0 aliphatic carbocycles. The molecule has 1 N–H and O–H groups in total. The number of amides is 1. The topological polar surface area (TPSA) is 81.8 Å². The van der Waals surface area contributed by atoms with Gasteiger partial charge in [-0.3, -0.25) is 14.2 Å². The van der Waals surface area contributed by atoms with Crippen LogP contribution in [-0.2, 0) is 16.8 Å². The lowest BCUT2D eigenvalue weighted by molar-refractivity contribution is -0.116. The molecule has 32 heavy (non-hydrogen) atoms. The van der Waals surface area contributed by atoms with Gasteiger partial charge in [-0.15, -0.1) is 0 Å². The van der Waals surface area contributed by atoms with Crippen LogP contribution in [0.4, 0.5) is 10.2 Å². The summed E-state index contributed by atoms with van der Waals surface area (Å²) < 4.78 is 16.4. The first kappa shape index (κ1) is 21.4. The third kappa shape index (κ3) is 4.44. The monoisotopic (exact) mass is 433 g/mol. The third-order valence-corrected chi connectivity index (χ3v) is 5.13. The van der Waals surface area contributed by atoms with Crippen LogP contribution in [0.15, 0.2) is 65.7 Å². The average molecular weight is 433 g/mol.